The van der Waals surface area contributed by atoms with Gasteiger partial charge in [-0.05, 0) is 18.2 Å². The zero-order chi connectivity index (χ0) is 12.3. The standard InChI is InChI=1S/C11H9NO5/c13-10(12-5-7-3-4-16-6-7)8-1-2-9(17-8)11(14)15/h1-4,6H,5H2,(H,12,13)(H,14,15). The third-order valence-corrected chi connectivity index (χ3v) is 2.07. The van der Waals surface area contributed by atoms with Gasteiger partial charge in [0.1, 0.15) is 0 Å². The smallest absolute Gasteiger partial charge is 0.371 e. The maximum atomic E-state index is 11.5. The number of carboxylic acids is 1. The van der Waals surface area contributed by atoms with Crippen LogP contribution in [0.1, 0.15) is 26.7 Å². The van der Waals surface area contributed by atoms with Gasteiger partial charge in [0.25, 0.3) is 5.91 Å². The molecule has 2 N–H and O–H groups in total. The highest BCUT2D eigenvalue weighted by molar-refractivity contribution is 5.93. The Morgan fingerprint density at radius 1 is 1.24 bits per heavy atom. The van der Waals surface area contributed by atoms with Crippen LogP contribution < -0.4 is 5.32 Å². The molecule has 17 heavy (non-hydrogen) atoms. The first-order valence-electron chi connectivity index (χ1n) is 4.79. The molecule has 0 spiro atoms. The van der Waals surface area contributed by atoms with Crippen molar-refractivity contribution in [3.8, 4) is 0 Å². The lowest BCUT2D eigenvalue weighted by molar-refractivity contribution is 0.0659. The molecule has 88 valence electrons. The van der Waals surface area contributed by atoms with Crippen LogP contribution in [0.3, 0.4) is 0 Å². The molecule has 2 aromatic rings. The molecule has 2 heterocycles. The summed E-state index contributed by atoms with van der Waals surface area (Å²) in [5.74, 6) is -1.98. The van der Waals surface area contributed by atoms with Crippen molar-refractivity contribution in [2.45, 2.75) is 6.54 Å². The number of nitrogens with one attached hydrogen (secondary N) is 1. The summed E-state index contributed by atoms with van der Waals surface area (Å²) >= 11 is 0. The highest BCUT2D eigenvalue weighted by Crippen LogP contribution is 2.08. The third kappa shape index (κ3) is 2.54. The number of rotatable bonds is 4. The van der Waals surface area contributed by atoms with Gasteiger partial charge in [-0.3, -0.25) is 4.79 Å². The molecule has 0 saturated heterocycles. The zero-order valence-corrected chi connectivity index (χ0v) is 8.67. The van der Waals surface area contributed by atoms with E-state index in [2.05, 4.69) is 5.32 Å². The van der Waals surface area contributed by atoms with E-state index >= 15 is 0 Å². The molecule has 0 fully saturated rings. The molecule has 6 nitrogen and oxygen atoms in total. The largest absolute Gasteiger partial charge is 0.475 e. The monoisotopic (exact) mass is 235 g/mol. The van der Waals surface area contributed by atoms with Gasteiger partial charge in [0.2, 0.25) is 5.76 Å². The molecule has 0 atom stereocenters. The second-order valence-electron chi connectivity index (χ2n) is 3.28. The maximum absolute atomic E-state index is 11.5. The average Bonchev–Trinajstić information content (AvgIpc) is 2.96. The second-order valence-corrected chi connectivity index (χ2v) is 3.28. The highest BCUT2D eigenvalue weighted by Gasteiger charge is 2.14. The Morgan fingerprint density at radius 2 is 2.00 bits per heavy atom. The van der Waals surface area contributed by atoms with Crippen molar-refractivity contribution in [3.05, 3.63) is 47.8 Å². The van der Waals surface area contributed by atoms with E-state index in [0.29, 0.717) is 6.54 Å². The minimum atomic E-state index is -1.21. The van der Waals surface area contributed by atoms with E-state index in [1.807, 2.05) is 0 Å². The number of carbonyl (C=O) groups is 2. The molecule has 0 saturated carbocycles. The topological polar surface area (TPSA) is 92.7 Å². The summed E-state index contributed by atoms with van der Waals surface area (Å²) in [6, 6.07) is 4.26. The van der Waals surface area contributed by atoms with Crippen LogP contribution in [0.25, 0.3) is 0 Å². The Morgan fingerprint density at radius 3 is 2.59 bits per heavy atom. The van der Waals surface area contributed by atoms with E-state index in [4.69, 9.17) is 13.9 Å². The van der Waals surface area contributed by atoms with E-state index in [-0.39, 0.29) is 11.5 Å². The Bertz CT molecular complexity index is 526. The first-order valence-corrected chi connectivity index (χ1v) is 4.79. The third-order valence-electron chi connectivity index (χ3n) is 2.07. The molecule has 0 bridgehead atoms. The van der Waals surface area contributed by atoms with E-state index in [1.54, 1.807) is 6.07 Å². The lowest BCUT2D eigenvalue weighted by Gasteiger charge is -1.99. The molecule has 0 unspecified atom stereocenters. The number of amides is 1. The summed E-state index contributed by atoms with van der Waals surface area (Å²) in [4.78, 5) is 22.1. The molecular formula is C11H9NO5. The van der Waals surface area contributed by atoms with Gasteiger partial charge in [-0.15, -0.1) is 0 Å². The van der Waals surface area contributed by atoms with E-state index in [9.17, 15) is 9.59 Å². The molecule has 1 amide bonds. The number of hydrogen-bond donors (Lipinski definition) is 2. The first-order chi connectivity index (χ1) is 8.16. The van der Waals surface area contributed by atoms with Crippen molar-refractivity contribution in [1.82, 2.24) is 5.32 Å². The van der Waals surface area contributed by atoms with Crippen LogP contribution in [0.4, 0.5) is 0 Å². The van der Waals surface area contributed by atoms with Gasteiger partial charge in [-0.1, -0.05) is 0 Å². The van der Waals surface area contributed by atoms with Gasteiger partial charge in [-0.25, -0.2) is 4.79 Å². The Balaban J connectivity index is 1.97. The molecule has 0 aliphatic rings. The van der Waals surface area contributed by atoms with Crippen LogP contribution in [0, 0.1) is 0 Å². The maximum Gasteiger partial charge on any atom is 0.371 e. The summed E-state index contributed by atoms with van der Waals surface area (Å²) in [6.45, 7) is 0.290. The van der Waals surface area contributed by atoms with Crippen LogP contribution in [0.5, 0.6) is 0 Å². The van der Waals surface area contributed by atoms with Gasteiger partial charge < -0.3 is 19.3 Å². The van der Waals surface area contributed by atoms with Crippen molar-refractivity contribution < 1.29 is 23.5 Å². The molecule has 2 rings (SSSR count). The molecule has 0 aromatic carbocycles. The van der Waals surface area contributed by atoms with Crippen molar-refractivity contribution in [2.75, 3.05) is 0 Å². The fraction of sp³-hybridized carbons (Fsp3) is 0.0909. The van der Waals surface area contributed by atoms with Crippen molar-refractivity contribution in [1.29, 1.82) is 0 Å². The quantitative estimate of drug-likeness (QED) is 0.837. The van der Waals surface area contributed by atoms with Gasteiger partial charge in [0, 0.05) is 12.1 Å². The van der Waals surface area contributed by atoms with Crippen LogP contribution in [0.15, 0.2) is 39.6 Å². The summed E-state index contributed by atoms with van der Waals surface area (Å²) in [6.07, 6.45) is 3.00. The zero-order valence-electron chi connectivity index (χ0n) is 8.67. The minimum absolute atomic E-state index is 0.0362. The second kappa shape index (κ2) is 4.56. The Kier molecular flexibility index (Phi) is 2.95. The summed E-state index contributed by atoms with van der Waals surface area (Å²) in [7, 11) is 0. The highest BCUT2D eigenvalue weighted by atomic mass is 16.4. The average molecular weight is 235 g/mol. The van der Waals surface area contributed by atoms with Crippen LogP contribution in [-0.2, 0) is 6.54 Å². The fourth-order valence-electron chi connectivity index (χ4n) is 1.24. The van der Waals surface area contributed by atoms with Crippen molar-refractivity contribution in [2.24, 2.45) is 0 Å². The fourth-order valence-corrected chi connectivity index (χ4v) is 1.24. The molecule has 2 aromatic heterocycles. The predicted molar refractivity (Wildman–Crippen MR) is 55.5 cm³/mol. The SMILES string of the molecule is O=C(O)c1ccc(C(=O)NCc2ccoc2)o1. The molecule has 0 aliphatic carbocycles. The number of aromatic carboxylic acids is 1. The molecule has 0 aliphatic heterocycles. The summed E-state index contributed by atoms with van der Waals surface area (Å²) < 4.78 is 9.68. The van der Waals surface area contributed by atoms with E-state index in [1.165, 1.54) is 24.7 Å². The van der Waals surface area contributed by atoms with E-state index < -0.39 is 11.9 Å². The van der Waals surface area contributed by atoms with Crippen LogP contribution in [0.2, 0.25) is 0 Å². The number of carboxylic acid groups (broad SMARTS) is 1. The van der Waals surface area contributed by atoms with Gasteiger partial charge in [-0.2, -0.15) is 0 Å². The van der Waals surface area contributed by atoms with Crippen LogP contribution in [-0.4, -0.2) is 17.0 Å². The lowest BCUT2D eigenvalue weighted by Crippen LogP contribution is -2.21. The van der Waals surface area contributed by atoms with Crippen molar-refractivity contribution >= 4 is 11.9 Å². The van der Waals surface area contributed by atoms with Gasteiger partial charge in [0.15, 0.2) is 5.76 Å². The van der Waals surface area contributed by atoms with E-state index in [0.717, 1.165) is 5.56 Å². The first kappa shape index (κ1) is 11.0. The van der Waals surface area contributed by atoms with Gasteiger partial charge in [0.05, 0.1) is 12.5 Å². The van der Waals surface area contributed by atoms with Crippen molar-refractivity contribution in [3.63, 3.8) is 0 Å². The Hall–Kier alpha value is -2.50. The normalized spacial score (nSPS) is 10.1. The molecule has 0 radical (unpaired) electrons. The predicted octanol–water partition coefficient (Wildman–Crippen LogP) is 1.50. The Labute approximate surface area is 95.8 Å². The minimum Gasteiger partial charge on any atom is -0.475 e. The van der Waals surface area contributed by atoms with Crippen LogP contribution >= 0.6 is 0 Å². The molecule has 6 heteroatoms. The number of hydrogen-bond acceptors (Lipinski definition) is 4. The van der Waals surface area contributed by atoms with Gasteiger partial charge >= 0.3 is 5.97 Å². The lowest BCUT2D eigenvalue weighted by atomic mass is 10.3. The summed E-state index contributed by atoms with van der Waals surface area (Å²) in [5.41, 5.74) is 0.809. The molecular weight excluding hydrogens is 226 g/mol. The number of carbonyl (C=O) groups excluding carboxylic acids is 1. The summed E-state index contributed by atoms with van der Waals surface area (Å²) in [5, 5.41) is 11.2. The number of furan rings is 2.